The standard InChI is InChI=1S/C16H18O/c1-16(2,3)17-12-11-14-9-6-8-13-7-4-5-10-15(13)14/h4-12H,1-3H3. The first-order chi connectivity index (χ1) is 8.06. The fraction of sp³-hybridized carbons (Fsp3) is 0.250. The first-order valence-electron chi connectivity index (χ1n) is 5.88. The Labute approximate surface area is 103 Å². The van der Waals surface area contributed by atoms with Crippen LogP contribution in [0.25, 0.3) is 16.8 Å². The van der Waals surface area contributed by atoms with E-state index in [1.165, 1.54) is 16.3 Å². The lowest BCUT2D eigenvalue weighted by Crippen LogP contribution is -2.15. The van der Waals surface area contributed by atoms with E-state index in [2.05, 4.69) is 42.5 Å². The van der Waals surface area contributed by atoms with Crippen molar-refractivity contribution >= 4 is 16.8 Å². The van der Waals surface area contributed by atoms with Gasteiger partial charge in [-0.05, 0) is 43.2 Å². The van der Waals surface area contributed by atoms with Crippen molar-refractivity contribution in [3.63, 3.8) is 0 Å². The topological polar surface area (TPSA) is 9.23 Å². The van der Waals surface area contributed by atoms with E-state index < -0.39 is 0 Å². The Morgan fingerprint density at radius 1 is 0.941 bits per heavy atom. The van der Waals surface area contributed by atoms with Gasteiger partial charge in [0.2, 0.25) is 0 Å². The molecule has 0 atom stereocenters. The third kappa shape index (κ3) is 3.10. The Hall–Kier alpha value is -1.76. The van der Waals surface area contributed by atoms with Crippen molar-refractivity contribution < 1.29 is 4.74 Å². The summed E-state index contributed by atoms with van der Waals surface area (Å²) in [6, 6.07) is 14.7. The second-order valence-corrected chi connectivity index (χ2v) is 5.10. The Morgan fingerprint density at radius 3 is 2.41 bits per heavy atom. The van der Waals surface area contributed by atoms with E-state index in [-0.39, 0.29) is 5.60 Å². The van der Waals surface area contributed by atoms with Crippen LogP contribution in [0, 0.1) is 0 Å². The first kappa shape index (κ1) is 11.7. The van der Waals surface area contributed by atoms with Gasteiger partial charge in [0, 0.05) is 0 Å². The van der Waals surface area contributed by atoms with Gasteiger partial charge < -0.3 is 4.74 Å². The Bertz CT molecular complexity index is 527. The molecule has 0 spiro atoms. The van der Waals surface area contributed by atoms with Crippen LogP contribution in [-0.4, -0.2) is 5.60 Å². The molecule has 0 fully saturated rings. The minimum atomic E-state index is -0.138. The maximum atomic E-state index is 5.60. The monoisotopic (exact) mass is 226 g/mol. The summed E-state index contributed by atoms with van der Waals surface area (Å²) in [5.41, 5.74) is 1.05. The predicted molar refractivity (Wildman–Crippen MR) is 73.8 cm³/mol. The van der Waals surface area contributed by atoms with Crippen molar-refractivity contribution in [2.45, 2.75) is 26.4 Å². The molecule has 1 heteroatoms. The van der Waals surface area contributed by atoms with Crippen LogP contribution in [-0.2, 0) is 4.74 Å². The lowest BCUT2D eigenvalue weighted by atomic mass is 10.0. The maximum Gasteiger partial charge on any atom is 0.0998 e. The van der Waals surface area contributed by atoms with Crippen LogP contribution in [0.4, 0.5) is 0 Å². The van der Waals surface area contributed by atoms with Gasteiger partial charge in [-0.1, -0.05) is 42.5 Å². The van der Waals surface area contributed by atoms with Gasteiger partial charge in [0.15, 0.2) is 0 Å². The van der Waals surface area contributed by atoms with Crippen LogP contribution < -0.4 is 0 Å². The van der Waals surface area contributed by atoms with Gasteiger partial charge in [-0.15, -0.1) is 0 Å². The van der Waals surface area contributed by atoms with Crippen molar-refractivity contribution in [1.82, 2.24) is 0 Å². The summed E-state index contributed by atoms with van der Waals surface area (Å²) in [4.78, 5) is 0. The molecule has 88 valence electrons. The highest BCUT2D eigenvalue weighted by atomic mass is 16.5. The van der Waals surface area contributed by atoms with Crippen LogP contribution in [0.15, 0.2) is 48.7 Å². The van der Waals surface area contributed by atoms with Gasteiger partial charge in [0.25, 0.3) is 0 Å². The highest BCUT2D eigenvalue weighted by Crippen LogP contribution is 2.20. The molecule has 0 aliphatic heterocycles. The van der Waals surface area contributed by atoms with Crippen molar-refractivity contribution in [3.8, 4) is 0 Å². The van der Waals surface area contributed by atoms with Crippen LogP contribution in [0.1, 0.15) is 26.3 Å². The molecule has 0 aliphatic rings. The lowest BCUT2D eigenvalue weighted by molar-refractivity contribution is 0.0783. The van der Waals surface area contributed by atoms with Gasteiger partial charge in [0.05, 0.1) is 11.9 Å². The molecule has 2 rings (SSSR count). The number of rotatable bonds is 2. The van der Waals surface area contributed by atoms with Gasteiger partial charge in [-0.3, -0.25) is 0 Å². The third-order valence-corrected chi connectivity index (χ3v) is 2.49. The van der Waals surface area contributed by atoms with E-state index >= 15 is 0 Å². The molecule has 0 heterocycles. The number of hydrogen-bond donors (Lipinski definition) is 0. The summed E-state index contributed by atoms with van der Waals surface area (Å²) in [6.07, 6.45) is 3.80. The minimum absolute atomic E-state index is 0.138. The fourth-order valence-corrected chi connectivity index (χ4v) is 1.71. The van der Waals surface area contributed by atoms with Gasteiger partial charge in [-0.25, -0.2) is 0 Å². The lowest BCUT2D eigenvalue weighted by Gasteiger charge is -2.17. The van der Waals surface area contributed by atoms with Crippen LogP contribution in [0.2, 0.25) is 0 Å². The third-order valence-electron chi connectivity index (χ3n) is 2.49. The molecular formula is C16H18O. The molecule has 0 aliphatic carbocycles. The zero-order chi connectivity index (χ0) is 12.3. The van der Waals surface area contributed by atoms with Gasteiger partial charge in [-0.2, -0.15) is 0 Å². The molecule has 0 saturated carbocycles. The van der Waals surface area contributed by atoms with E-state index in [1.54, 1.807) is 6.26 Å². The molecule has 2 aromatic rings. The molecule has 2 aromatic carbocycles. The molecular weight excluding hydrogens is 208 g/mol. The Kier molecular flexibility index (Phi) is 3.19. The summed E-state index contributed by atoms with van der Waals surface area (Å²) < 4.78 is 5.60. The highest BCUT2D eigenvalue weighted by Gasteiger charge is 2.07. The van der Waals surface area contributed by atoms with Crippen molar-refractivity contribution in [2.75, 3.05) is 0 Å². The molecule has 0 bridgehead atoms. The molecule has 17 heavy (non-hydrogen) atoms. The Morgan fingerprint density at radius 2 is 1.65 bits per heavy atom. The fourth-order valence-electron chi connectivity index (χ4n) is 1.71. The van der Waals surface area contributed by atoms with E-state index in [9.17, 15) is 0 Å². The molecule has 1 nitrogen and oxygen atoms in total. The quantitative estimate of drug-likeness (QED) is 0.679. The molecule has 0 unspecified atom stereocenters. The second-order valence-electron chi connectivity index (χ2n) is 5.10. The zero-order valence-electron chi connectivity index (χ0n) is 10.6. The SMILES string of the molecule is CC(C)(C)OC=Cc1cccc2ccccc12. The minimum Gasteiger partial charge on any atom is -0.496 e. The maximum absolute atomic E-state index is 5.60. The Balaban J connectivity index is 2.30. The number of hydrogen-bond acceptors (Lipinski definition) is 1. The van der Waals surface area contributed by atoms with E-state index in [0.29, 0.717) is 0 Å². The molecule has 0 radical (unpaired) electrons. The number of fused-ring (bicyclic) bond motifs is 1. The van der Waals surface area contributed by atoms with E-state index in [1.807, 2.05) is 26.8 Å². The van der Waals surface area contributed by atoms with Crippen molar-refractivity contribution in [3.05, 3.63) is 54.3 Å². The van der Waals surface area contributed by atoms with Gasteiger partial charge in [0.1, 0.15) is 0 Å². The largest absolute Gasteiger partial charge is 0.496 e. The van der Waals surface area contributed by atoms with E-state index in [4.69, 9.17) is 4.74 Å². The molecule has 0 amide bonds. The van der Waals surface area contributed by atoms with Gasteiger partial charge >= 0.3 is 0 Å². The average Bonchev–Trinajstić information content (AvgIpc) is 2.28. The summed E-state index contributed by atoms with van der Waals surface area (Å²) in [5.74, 6) is 0. The number of ether oxygens (including phenoxy) is 1. The van der Waals surface area contributed by atoms with E-state index in [0.717, 1.165) is 0 Å². The van der Waals surface area contributed by atoms with Crippen LogP contribution in [0.3, 0.4) is 0 Å². The van der Waals surface area contributed by atoms with Crippen LogP contribution in [0.5, 0.6) is 0 Å². The molecule has 0 saturated heterocycles. The highest BCUT2D eigenvalue weighted by molar-refractivity contribution is 5.90. The molecule has 0 N–H and O–H groups in total. The predicted octanol–water partition coefficient (Wildman–Crippen LogP) is 4.63. The number of benzene rings is 2. The smallest absolute Gasteiger partial charge is 0.0998 e. The second kappa shape index (κ2) is 4.62. The van der Waals surface area contributed by atoms with Crippen molar-refractivity contribution in [2.24, 2.45) is 0 Å². The normalized spacial score (nSPS) is 12.2. The summed E-state index contributed by atoms with van der Waals surface area (Å²) in [7, 11) is 0. The average molecular weight is 226 g/mol. The molecule has 0 aromatic heterocycles. The van der Waals surface area contributed by atoms with Crippen molar-refractivity contribution in [1.29, 1.82) is 0 Å². The summed E-state index contributed by atoms with van der Waals surface area (Å²) >= 11 is 0. The first-order valence-corrected chi connectivity index (χ1v) is 5.88. The summed E-state index contributed by atoms with van der Waals surface area (Å²) in [5, 5.41) is 2.51. The summed E-state index contributed by atoms with van der Waals surface area (Å²) in [6.45, 7) is 6.13. The zero-order valence-corrected chi connectivity index (χ0v) is 10.6. The van der Waals surface area contributed by atoms with Crippen LogP contribution >= 0.6 is 0 Å².